The molecule has 1 aromatic carbocycles. The fraction of sp³-hybridized carbons (Fsp3) is 0.500. The van der Waals surface area contributed by atoms with Crippen LogP contribution in [0.1, 0.15) is 38.7 Å². The molecule has 8 nitrogen and oxygen atoms in total. The Morgan fingerprint density at radius 2 is 2.21 bits per heavy atom. The molecule has 1 heterocycles. The van der Waals surface area contributed by atoms with Crippen molar-refractivity contribution in [2.75, 3.05) is 17.2 Å². The number of anilines is 2. The van der Waals surface area contributed by atoms with E-state index in [0.29, 0.717) is 36.2 Å². The number of fused-ring (bicyclic) bond motifs is 2. The first-order valence-corrected chi connectivity index (χ1v) is 7.84. The van der Waals surface area contributed by atoms with E-state index in [2.05, 4.69) is 10.6 Å². The Labute approximate surface area is 139 Å². The molecule has 3 rings (SSSR count). The van der Waals surface area contributed by atoms with Crippen molar-refractivity contribution in [3.8, 4) is 0 Å². The van der Waals surface area contributed by atoms with Crippen LogP contribution >= 0.6 is 0 Å². The summed E-state index contributed by atoms with van der Waals surface area (Å²) in [6.07, 6.45) is 1.55. The average molecular weight is 335 g/mol. The lowest BCUT2D eigenvalue weighted by Gasteiger charge is -2.23. The predicted molar refractivity (Wildman–Crippen MR) is 88.4 cm³/mol. The second-order valence-electron chi connectivity index (χ2n) is 5.88. The average Bonchev–Trinajstić information content (AvgIpc) is 3.03. The van der Waals surface area contributed by atoms with E-state index in [4.69, 9.17) is 5.11 Å². The minimum absolute atomic E-state index is 0.210. The van der Waals surface area contributed by atoms with E-state index in [1.165, 1.54) is 6.92 Å². The van der Waals surface area contributed by atoms with Crippen LogP contribution in [0.3, 0.4) is 0 Å². The maximum absolute atomic E-state index is 12.4. The summed E-state index contributed by atoms with van der Waals surface area (Å²) in [5, 5.41) is 24.2. The summed E-state index contributed by atoms with van der Waals surface area (Å²) < 4.78 is 0. The van der Waals surface area contributed by atoms with E-state index in [-0.39, 0.29) is 23.3 Å². The van der Waals surface area contributed by atoms with Gasteiger partial charge in [0, 0.05) is 36.2 Å². The zero-order valence-corrected chi connectivity index (χ0v) is 13.7. The number of hydrogen-bond donors (Lipinski definition) is 3. The molecule has 8 heteroatoms. The van der Waals surface area contributed by atoms with Crippen LogP contribution in [-0.4, -0.2) is 34.5 Å². The van der Waals surface area contributed by atoms with E-state index in [1.54, 1.807) is 25.1 Å². The third kappa shape index (κ3) is 2.96. The smallest absolute Gasteiger partial charge is 0.242 e. The number of amides is 2. The van der Waals surface area contributed by atoms with Crippen LogP contribution < -0.4 is 10.6 Å². The highest BCUT2D eigenvalue weighted by Crippen LogP contribution is 2.50. The van der Waals surface area contributed by atoms with Gasteiger partial charge in [0.05, 0.1) is 0 Å². The largest absolute Gasteiger partial charge is 0.397 e. The Hall–Kier alpha value is -2.48. The minimum Gasteiger partial charge on any atom is -0.397 e. The van der Waals surface area contributed by atoms with Crippen molar-refractivity contribution in [1.82, 2.24) is 0 Å². The molecule has 2 amide bonds. The quantitative estimate of drug-likeness (QED) is 0.560. The van der Waals surface area contributed by atoms with Crippen molar-refractivity contribution in [3.05, 3.63) is 33.9 Å². The van der Waals surface area contributed by atoms with Crippen LogP contribution in [0.4, 0.5) is 11.4 Å². The summed E-state index contributed by atoms with van der Waals surface area (Å²) in [6.45, 7) is 3.33. The van der Waals surface area contributed by atoms with Gasteiger partial charge in [-0.05, 0) is 37.5 Å². The second-order valence-corrected chi connectivity index (χ2v) is 5.88. The summed E-state index contributed by atoms with van der Waals surface area (Å²) in [4.78, 5) is 34.4. The van der Waals surface area contributed by atoms with Crippen LogP contribution in [0.5, 0.6) is 0 Å². The third-order valence-electron chi connectivity index (χ3n) is 4.35. The number of carbonyl (C=O) groups is 2. The molecule has 0 saturated heterocycles. The van der Waals surface area contributed by atoms with Crippen molar-refractivity contribution in [2.45, 2.75) is 44.6 Å². The van der Waals surface area contributed by atoms with E-state index in [0.717, 1.165) is 0 Å². The van der Waals surface area contributed by atoms with Gasteiger partial charge in [-0.3, -0.25) is 19.7 Å². The van der Waals surface area contributed by atoms with Crippen LogP contribution in [0, 0.1) is 10.1 Å². The van der Waals surface area contributed by atoms with Crippen molar-refractivity contribution in [2.24, 2.45) is 0 Å². The normalized spacial score (nSPS) is 24.0. The van der Waals surface area contributed by atoms with Crippen LogP contribution in [0.25, 0.3) is 0 Å². The number of aliphatic hydroxyl groups excluding tert-OH is 1. The molecule has 24 heavy (non-hydrogen) atoms. The number of hydrogen-bond acceptors (Lipinski definition) is 5. The first-order valence-electron chi connectivity index (χ1n) is 7.84. The number of nitro groups is 1. The number of nitrogens with one attached hydrogen (secondary N) is 2. The molecule has 0 bridgehead atoms. The zero-order chi connectivity index (χ0) is 17.9. The second kappa shape index (κ2) is 6.96. The number of rotatable bonds is 2. The summed E-state index contributed by atoms with van der Waals surface area (Å²) in [6, 6.07) is 4.15. The summed E-state index contributed by atoms with van der Waals surface area (Å²) in [7, 11) is 0. The molecule has 2 atom stereocenters. The Bertz CT molecular complexity index is 676. The molecular weight excluding hydrogens is 314 g/mol. The lowest BCUT2D eigenvalue weighted by molar-refractivity contribution is -0.528. The maximum atomic E-state index is 12.4. The van der Waals surface area contributed by atoms with Gasteiger partial charge >= 0.3 is 0 Å². The van der Waals surface area contributed by atoms with Gasteiger partial charge < -0.3 is 15.7 Å². The number of benzene rings is 1. The van der Waals surface area contributed by atoms with Crippen molar-refractivity contribution in [3.63, 3.8) is 0 Å². The van der Waals surface area contributed by atoms with Gasteiger partial charge in [-0.25, -0.2) is 0 Å². The zero-order valence-electron chi connectivity index (χ0n) is 13.7. The highest BCUT2D eigenvalue weighted by molar-refractivity contribution is 6.07. The third-order valence-corrected chi connectivity index (χ3v) is 4.35. The maximum Gasteiger partial charge on any atom is 0.242 e. The number of nitrogens with zero attached hydrogens (tertiary/aromatic N) is 1. The highest BCUT2D eigenvalue weighted by Gasteiger charge is 2.60. The minimum atomic E-state index is -1.06. The van der Waals surface area contributed by atoms with E-state index < -0.39 is 11.5 Å². The molecule has 1 aliphatic heterocycles. The van der Waals surface area contributed by atoms with Gasteiger partial charge in [-0.2, -0.15) is 0 Å². The molecule has 1 aromatic rings. The lowest BCUT2D eigenvalue weighted by Crippen LogP contribution is -2.45. The molecule has 0 radical (unpaired) electrons. The van der Waals surface area contributed by atoms with E-state index >= 15 is 0 Å². The van der Waals surface area contributed by atoms with Crippen LogP contribution in [-0.2, 0) is 15.0 Å². The molecular formula is C16H21N3O5. The van der Waals surface area contributed by atoms with Gasteiger partial charge in [0.1, 0.15) is 5.41 Å². The molecule has 130 valence electrons. The van der Waals surface area contributed by atoms with Gasteiger partial charge in [0.15, 0.2) is 0 Å². The van der Waals surface area contributed by atoms with Gasteiger partial charge in [-0.1, -0.05) is 6.07 Å². The summed E-state index contributed by atoms with van der Waals surface area (Å²) in [5.74, 6) is -0.519. The SMILES string of the molecule is CC(=O)Nc1ccc2c(c1)NC(=O)C21CCCC1[N+](=O)[O-].CCO. The molecule has 1 fully saturated rings. The fourth-order valence-corrected chi connectivity index (χ4v) is 3.53. The first kappa shape index (κ1) is 17.9. The summed E-state index contributed by atoms with van der Waals surface area (Å²) in [5.41, 5.74) is 0.725. The Morgan fingerprint density at radius 3 is 2.79 bits per heavy atom. The number of aliphatic hydroxyl groups is 1. The van der Waals surface area contributed by atoms with E-state index in [9.17, 15) is 19.7 Å². The molecule has 0 aromatic heterocycles. The molecule has 2 aliphatic rings. The topological polar surface area (TPSA) is 122 Å². The van der Waals surface area contributed by atoms with Gasteiger partial charge in [-0.15, -0.1) is 0 Å². The Morgan fingerprint density at radius 1 is 1.54 bits per heavy atom. The Balaban J connectivity index is 0.000000647. The molecule has 1 aliphatic carbocycles. The van der Waals surface area contributed by atoms with E-state index in [1.807, 2.05) is 0 Å². The fourth-order valence-electron chi connectivity index (χ4n) is 3.53. The standard InChI is InChI=1S/C14H15N3O4.C2H6O/c1-8(18)15-9-4-5-10-11(7-9)16-13(19)14(10)6-2-3-12(14)17(20)21;1-2-3/h4-5,7,12H,2-3,6H2,1H3,(H,15,18)(H,16,19);3H,2H2,1H3. The molecule has 1 saturated carbocycles. The Kier molecular flexibility index (Phi) is 5.18. The molecule has 2 unspecified atom stereocenters. The van der Waals surface area contributed by atoms with Crippen LogP contribution in [0.15, 0.2) is 18.2 Å². The van der Waals surface area contributed by atoms with Crippen molar-refractivity contribution < 1.29 is 19.6 Å². The summed E-state index contributed by atoms with van der Waals surface area (Å²) >= 11 is 0. The van der Waals surface area contributed by atoms with Gasteiger partial charge in [0.2, 0.25) is 17.9 Å². The predicted octanol–water partition coefficient (Wildman–Crippen LogP) is 1.66. The lowest BCUT2D eigenvalue weighted by atomic mass is 9.77. The van der Waals surface area contributed by atoms with Gasteiger partial charge in [0.25, 0.3) is 0 Å². The van der Waals surface area contributed by atoms with Crippen molar-refractivity contribution >= 4 is 23.2 Å². The number of carbonyl (C=O) groups excluding carboxylic acids is 2. The monoisotopic (exact) mass is 335 g/mol. The van der Waals surface area contributed by atoms with Crippen LogP contribution in [0.2, 0.25) is 0 Å². The first-order chi connectivity index (χ1) is 11.4. The molecule has 1 spiro atoms. The molecule has 3 N–H and O–H groups in total. The van der Waals surface area contributed by atoms with Crippen molar-refractivity contribution in [1.29, 1.82) is 0 Å². The highest BCUT2D eigenvalue weighted by atomic mass is 16.6.